The molecule has 1 aromatic heterocycles. The third-order valence-corrected chi connectivity index (χ3v) is 6.01. The minimum atomic E-state index is -0.998. The Morgan fingerprint density at radius 3 is 1.83 bits per heavy atom. The molecule has 4 aromatic carbocycles. The van der Waals surface area contributed by atoms with E-state index in [-0.39, 0.29) is 6.61 Å². The predicted molar refractivity (Wildman–Crippen MR) is 136 cm³/mol. The number of rotatable bonds is 6. The number of oxazole rings is 1. The standard InChI is InChI=1S/C29H24N2O4/c1-2-34-27(32)30-24-18-19-25-26(20-24)35-28(33)31(25)29(21-12-6-3-7-13-21,22-14-8-4-9-15-22)23-16-10-5-11-17-23/h3-20H,2H2,1H3,(H,30,32). The molecular weight excluding hydrogens is 440 g/mol. The van der Waals surface area contributed by atoms with Crippen molar-refractivity contribution in [2.45, 2.75) is 12.5 Å². The maximum Gasteiger partial charge on any atom is 0.421 e. The van der Waals surface area contributed by atoms with Crippen molar-refractivity contribution in [2.24, 2.45) is 0 Å². The number of ether oxygens (including phenoxy) is 1. The van der Waals surface area contributed by atoms with Gasteiger partial charge in [-0.05, 0) is 35.7 Å². The zero-order chi connectivity index (χ0) is 24.3. The molecule has 0 saturated carbocycles. The summed E-state index contributed by atoms with van der Waals surface area (Å²) in [6, 6.07) is 34.9. The molecule has 0 spiro atoms. The number of benzene rings is 4. The van der Waals surface area contributed by atoms with Gasteiger partial charge >= 0.3 is 11.8 Å². The Hall–Kier alpha value is -4.58. The van der Waals surface area contributed by atoms with E-state index >= 15 is 0 Å². The normalized spacial score (nSPS) is 11.3. The van der Waals surface area contributed by atoms with E-state index in [1.165, 1.54) is 0 Å². The number of hydrogen-bond acceptors (Lipinski definition) is 4. The van der Waals surface area contributed by atoms with E-state index in [2.05, 4.69) is 5.32 Å². The highest BCUT2D eigenvalue weighted by molar-refractivity contribution is 5.88. The van der Waals surface area contributed by atoms with Gasteiger partial charge in [-0.2, -0.15) is 0 Å². The molecule has 6 nitrogen and oxygen atoms in total. The second-order valence-corrected chi connectivity index (χ2v) is 8.04. The Kier molecular flexibility index (Phi) is 5.94. The SMILES string of the molecule is CCOC(=O)Nc1ccc2c(c1)oc(=O)n2C(c1ccccc1)(c1ccccc1)c1ccccc1. The molecule has 0 atom stereocenters. The molecule has 174 valence electrons. The van der Waals surface area contributed by atoms with Crippen LogP contribution in [0.5, 0.6) is 0 Å². The summed E-state index contributed by atoms with van der Waals surface area (Å²) in [6.45, 7) is 1.99. The smallest absolute Gasteiger partial charge is 0.421 e. The van der Waals surface area contributed by atoms with Gasteiger partial charge in [-0.1, -0.05) is 91.0 Å². The van der Waals surface area contributed by atoms with Gasteiger partial charge in [0.25, 0.3) is 0 Å². The Bertz CT molecular complexity index is 1410. The van der Waals surface area contributed by atoms with Crippen LogP contribution < -0.4 is 11.1 Å². The summed E-state index contributed by atoms with van der Waals surface area (Å²) >= 11 is 0. The first-order valence-corrected chi connectivity index (χ1v) is 11.4. The number of carbonyl (C=O) groups excluding carboxylic acids is 1. The monoisotopic (exact) mass is 464 g/mol. The fourth-order valence-electron chi connectivity index (χ4n) is 4.62. The molecule has 1 N–H and O–H groups in total. The lowest BCUT2D eigenvalue weighted by Gasteiger charge is -2.36. The van der Waals surface area contributed by atoms with Gasteiger partial charge in [-0.15, -0.1) is 0 Å². The third kappa shape index (κ3) is 3.89. The maximum atomic E-state index is 13.6. The van der Waals surface area contributed by atoms with Crippen molar-refractivity contribution in [1.82, 2.24) is 4.57 Å². The molecular formula is C29H24N2O4. The fraction of sp³-hybridized carbons (Fsp3) is 0.103. The largest absolute Gasteiger partial charge is 0.450 e. The lowest BCUT2D eigenvalue weighted by Crippen LogP contribution is -2.42. The van der Waals surface area contributed by atoms with Gasteiger partial charge in [0.1, 0.15) is 5.54 Å². The van der Waals surface area contributed by atoms with Gasteiger partial charge in [0.05, 0.1) is 12.1 Å². The van der Waals surface area contributed by atoms with Gasteiger partial charge in [0.2, 0.25) is 0 Å². The minimum absolute atomic E-state index is 0.257. The van der Waals surface area contributed by atoms with E-state index < -0.39 is 17.4 Å². The summed E-state index contributed by atoms with van der Waals surface area (Å²) in [6.07, 6.45) is -0.569. The van der Waals surface area contributed by atoms with Crippen molar-refractivity contribution in [3.8, 4) is 0 Å². The number of amides is 1. The Labute approximate surface area is 202 Å². The van der Waals surface area contributed by atoms with E-state index in [1.54, 1.807) is 29.7 Å². The second-order valence-electron chi connectivity index (χ2n) is 8.04. The maximum absolute atomic E-state index is 13.6. The summed E-state index contributed by atoms with van der Waals surface area (Å²) in [5, 5.41) is 2.67. The summed E-state index contributed by atoms with van der Waals surface area (Å²) in [4.78, 5) is 25.5. The lowest BCUT2D eigenvalue weighted by atomic mass is 9.76. The average Bonchev–Trinajstić information content (AvgIpc) is 3.22. The van der Waals surface area contributed by atoms with Gasteiger partial charge in [0, 0.05) is 11.8 Å². The lowest BCUT2D eigenvalue weighted by molar-refractivity contribution is 0.168. The third-order valence-electron chi connectivity index (χ3n) is 6.01. The highest BCUT2D eigenvalue weighted by Gasteiger charge is 2.41. The van der Waals surface area contributed by atoms with Crippen LogP contribution in [-0.4, -0.2) is 17.3 Å². The van der Waals surface area contributed by atoms with Crippen molar-refractivity contribution in [2.75, 3.05) is 11.9 Å². The molecule has 0 unspecified atom stereocenters. The average molecular weight is 465 g/mol. The first-order chi connectivity index (χ1) is 17.1. The van der Waals surface area contributed by atoms with Crippen LogP contribution in [0.15, 0.2) is 118 Å². The summed E-state index contributed by atoms with van der Waals surface area (Å²) in [5.74, 6) is -0.509. The highest BCUT2D eigenvalue weighted by atomic mass is 16.5. The molecule has 0 saturated heterocycles. The molecule has 0 radical (unpaired) electrons. The summed E-state index contributed by atoms with van der Waals surface area (Å²) < 4.78 is 12.4. The first-order valence-electron chi connectivity index (χ1n) is 11.4. The van der Waals surface area contributed by atoms with Crippen molar-refractivity contribution in [3.63, 3.8) is 0 Å². The van der Waals surface area contributed by atoms with Gasteiger partial charge in [-0.25, -0.2) is 9.59 Å². The van der Waals surface area contributed by atoms with Crippen molar-refractivity contribution in [1.29, 1.82) is 0 Å². The number of aromatic nitrogens is 1. The molecule has 0 aliphatic rings. The molecule has 5 rings (SSSR count). The van der Waals surface area contributed by atoms with Gasteiger partial charge in [0.15, 0.2) is 5.58 Å². The van der Waals surface area contributed by atoms with E-state index in [0.29, 0.717) is 16.8 Å². The van der Waals surface area contributed by atoms with Gasteiger partial charge in [-0.3, -0.25) is 9.88 Å². The van der Waals surface area contributed by atoms with Crippen LogP contribution in [0.2, 0.25) is 0 Å². The minimum Gasteiger partial charge on any atom is -0.450 e. The molecule has 0 fully saturated rings. The first kappa shape index (κ1) is 22.2. The molecule has 0 aliphatic carbocycles. The molecule has 35 heavy (non-hydrogen) atoms. The molecule has 0 aliphatic heterocycles. The highest BCUT2D eigenvalue weighted by Crippen LogP contribution is 2.41. The van der Waals surface area contributed by atoms with Crippen LogP contribution in [0.4, 0.5) is 10.5 Å². The molecule has 5 aromatic rings. The van der Waals surface area contributed by atoms with E-state index in [9.17, 15) is 9.59 Å². The van der Waals surface area contributed by atoms with Crippen LogP contribution >= 0.6 is 0 Å². The van der Waals surface area contributed by atoms with E-state index in [4.69, 9.17) is 9.15 Å². The summed E-state index contributed by atoms with van der Waals surface area (Å²) in [7, 11) is 0. The Balaban J connectivity index is 1.83. The number of anilines is 1. The number of hydrogen-bond donors (Lipinski definition) is 1. The van der Waals surface area contributed by atoms with Gasteiger partial charge < -0.3 is 9.15 Å². The van der Waals surface area contributed by atoms with E-state index in [1.807, 2.05) is 91.0 Å². The molecule has 1 amide bonds. The number of fused-ring (bicyclic) bond motifs is 1. The topological polar surface area (TPSA) is 73.5 Å². The number of nitrogens with zero attached hydrogens (tertiary/aromatic N) is 1. The quantitative estimate of drug-likeness (QED) is 0.313. The van der Waals surface area contributed by atoms with Crippen LogP contribution in [0.25, 0.3) is 11.1 Å². The van der Waals surface area contributed by atoms with E-state index in [0.717, 1.165) is 16.7 Å². The van der Waals surface area contributed by atoms with Crippen LogP contribution in [0.3, 0.4) is 0 Å². The van der Waals surface area contributed by atoms with Crippen molar-refractivity contribution < 1.29 is 13.9 Å². The molecule has 1 heterocycles. The van der Waals surface area contributed by atoms with Crippen LogP contribution in [0, 0.1) is 0 Å². The van der Waals surface area contributed by atoms with Crippen LogP contribution in [-0.2, 0) is 10.3 Å². The van der Waals surface area contributed by atoms with Crippen molar-refractivity contribution in [3.05, 3.63) is 136 Å². The number of nitrogens with one attached hydrogen (secondary N) is 1. The predicted octanol–water partition coefficient (Wildman–Crippen LogP) is 6.00. The zero-order valence-corrected chi connectivity index (χ0v) is 19.2. The Morgan fingerprint density at radius 1 is 0.829 bits per heavy atom. The fourth-order valence-corrected chi connectivity index (χ4v) is 4.62. The van der Waals surface area contributed by atoms with Crippen molar-refractivity contribution >= 4 is 22.9 Å². The second kappa shape index (κ2) is 9.35. The summed E-state index contributed by atoms with van der Waals surface area (Å²) in [5.41, 5.74) is 3.17. The molecule has 6 heteroatoms. The molecule has 0 bridgehead atoms. The zero-order valence-electron chi connectivity index (χ0n) is 19.2. The number of carbonyl (C=O) groups is 1. The Morgan fingerprint density at radius 2 is 1.34 bits per heavy atom. The van der Waals surface area contributed by atoms with Crippen LogP contribution in [0.1, 0.15) is 23.6 Å².